The van der Waals surface area contributed by atoms with Crippen LogP contribution < -0.4 is 5.32 Å². The Balaban J connectivity index is 1.89. The van der Waals surface area contributed by atoms with Crippen LogP contribution in [0.5, 0.6) is 0 Å². The molecule has 0 radical (unpaired) electrons. The number of rotatable bonds is 4. The summed E-state index contributed by atoms with van der Waals surface area (Å²) in [4.78, 5) is 14.3. The first-order valence-electron chi connectivity index (χ1n) is 8.22. The molecule has 1 aromatic rings. The molecular weight excluding hydrogens is 276 g/mol. The molecule has 0 bridgehead atoms. The van der Waals surface area contributed by atoms with Crippen molar-refractivity contribution in [3.05, 3.63) is 35.4 Å². The summed E-state index contributed by atoms with van der Waals surface area (Å²) in [6.45, 7) is 7.85. The molecule has 1 atom stereocenters. The number of benzene rings is 1. The van der Waals surface area contributed by atoms with E-state index in [9.17, 15) is 9.90 Å². The van der Waals surface area contributed by atoms with Crippen LogP contribution in [0.2, 0.25) is 0 Å². The van der Waals surface area contributed by atoms with Gasteiger partial charge >= 0.3 is 6.03 Å². The number of urea groups is 1. The number of aryl methyl sites for hydroxylation is 1. The Bertz CT molecular complexity index is 484. The maximum Gasteiger partial charge on any atom is 0.317 e. The molecule has 0 spiro atoms. The van der Waals surface area contributed by atoms with E-state index in [-0.39, 0.29) is 24.1 Å². The summed E-state index contributed by atoms with van der Waals surface area (Å²) >= 11 is 0. The summed E-state index contributed by atoms with van der Waals surface area (Å²) < 4.78 is 0. The first-order chi connectivity index (χ1) is 10.5. The lowest BCUT2D eigenvalue weighted by atomic mass is 9.77. The summed E-state index contributed by atoms with van der Waals surface area (Å²) in [5.74, 6) is 0. The minimum atomic E-state index is -0.00396. The molecule has 122 valence electrons. The second kappa shape index (κ2) is 7.14. The van der Waals surface area contributed by atoms with E-state index in [0.29, 0.717) is 0 Å². The Morgan fingerprint density at radius 1 is 1.32 bits per heavy atom. The molecule has 1 aromatic carbocycles. The predicted octanol–water partition coefficient (Wildman–Crippen LogP) is 3.25. The molecule has 2 amide bonds. The van der Waals surface area contributed by atoms with E-state index < -0.39 is 0 Å². The minimum absolute atomic E-state index is 0.00352. The van der Waals surface area contributed by atoms with E-state index in [0.717, 1.165) is 37.9 Å². The van der Waals surface area contributed by atoms with Crippen LogP contribution in [-0.4, -0.2) is 35.7 Å². The van der Waals surface area contributed by atoms with Crippen molar-refractivity contribution in [1.82, 2.24) is 10.2 Å². The van der Waals surface area contributed by atoms with Crippen LogP contribution in [0.25, 0.3) is 0 Å². The zero-order valence-electron chi connectivity index (χ0n) is 13.9. The number of aliphatic hydroxyl groups is 1. The van der Waals surface area contributed by atoms with Gasteiger partial charge in [-0.25, -0.2) is 4.79 Å². The molecule has 0 aliphatic carbocycles. The number of piperidine rings is 1. The number of hydrogen-bond acceptors (Lipinski definition) is 2. The van der Waals surface area contributed by atoms with Crippen LogP contribution in [0.15, 0.2) is 24.3 Å². The van der Waals surface area contributed by atoms with E-state index in [4.69, 9.17) is 0 Å². The van der Waals surface area contributed by atoms with Crippen LogP contribution in [0, 0.1) is 12.3 Å². The Kier molecular flexibility index (Phi) is 5.46. The fourth-order valence-electron chi connectivity index (χ4n) is 3.02. The van der Waals surface area contributed by atoms with E-state index in [1.807, 2.05) is 11.8 Å². The second-order valence-corrected chi connectivity index (χ2v) is 6.58. The minimum Gasteiger partial charge on any atom is -0.396 e. The normalized spacial score (nSPS) is 18.8. The summed E-state index contributed by atoms with van der Waals surface area (Å²) in [6.07, 6.45) is 2.73. The van der Waals surface area contributed by atoms with Gasteiger partial charge in [0.1, 0.15) is 0 Å². The quantitative estimate of drug-likeness (QED) is 0.897. The van der Waals surface area contributed by atoms with Gasteiger partial charge < -0.3 is 15.3 Å². The number of carbonyl (C=O) groups excluding carboxylic acids is 1. The van der Waals surface area contributed by atoms with Gasteiger partial charge in [0.2, 0.25) is 0 Å². The molecular formula is C18H28N2O2. The highest BCUT2D eigenvalue weighted by atomic mass is 16.3. The monoisotopic (exact) mass is 304 g/mol. The molecule has 4 heteroatoms. The van der Waals surface area contributed by atoms with E-state index in [1.54, 1.807) is 0 Å². The average molecular weight is 304 g/mol. The van der Waals surface area contributed by atoms with Crippen LogP contribution >= 0.6 is 0 Å². The van der Waals surface area contributed by atoms with Crippen molar-refractivity contribution < 1.29 is 9.90 Å². The van der Waals surface area contributed by atoms with Crippen molar-refractivity contribution in [1.29, 1.82) is 0 Å². The van der Waals surface area contributed by atoms with Gasteiger partial charge in [0.15, 0.2) is 0 Å². The van der Waals surface area contributed by atoms with Crippen molar-refractivity contribution in [2.75, 3.05) is 19.7 Å². The molecule has 1 fully saturated rings. The summed E-state index contributed by atoms with van der Waals surface area (Å²) in [5, 5.41) is 12.6. The fraction of sp³-hybridized carbons (Fsp3) is 0.611. The smallest absolute Gasteiger partial charge is 0.317 e. The molecule has 1 aliphatic rings. The van der Waals surface area contributed by atoms with Crippen molar-refractivity contribution in [2.24, 2.45) is 5.41 Å². The van der Waals surface area contributed by atoms with Crippen molar-refractivity contribution in [2.45, 2.75) is 46.1 Å². The highest BCUT2D eigenvalue weighted by molar-refractivity contribution is 5.74. The van der Waals surface area contributed by atoms with Crippen molar-refractivity contribution in [3.63, 3.8) is 0 Å². The molecule has 2 N–H and O–H groups in total. The van der Waals surface area contributed by atoms with Gasteiger partial charge in [-0.2, -0.15) is 0 Å². The molecule has 0 aromatic heterocycles. The largest absolute Gasteiger partial charge is 0.396 e. The van der Waals surface area contributed by atoms with Crippen LogP contribution in [0.4, 0.5) is 4.79 Å². The third-order valence-corrected chi connectivity index (χ3v) is 5.11. The average Bonchev–Trinajstić information content (AvgIpc) is 2.55. The molecule has 1 saturated heterocycles. The zero-order chi connectivity index (χ0) is 16.2. The Hall–Kier alpha value is -1.55. The number of aliphatic hydroxyl groups excluding tert-OH is 1. The Morgan fingerprint density at radius 3 is 2.41 bits per heavy atom. The fourth-order valence-corrected chi connectivity index (χ4v) is 3.02. The molecule has 1 unspecified atom stereocenters. The second-order valence-electron chi connectivity index (χ2n) is 6.58. The maximum atomic E-state index is 12.4. The van der Waals surface area contributed by atoms with Gasteiger partial charge in [-0.15, -0.1) is 0 Å². The molecule has 22 heavy (non-hydrogen) atoms. The number of hydrogen-bond donors (Lipinski definition) is 2. The lowest BCUT2D eigenvalue weighted by Crippen LogP contribution is -2.48. The zero-order valence-corrected chi connectivity index (χ0v) is 13.9. The maximum absolute atomic E-state index is 12.4. The first kappa shape index (κ1) is 16.8. The third kappa shape index (κ3) is 3.80. The number of nitrogens with zero attached hydrogens (tertiary/aromatic N) is 1. The first-order valence-corrected chi connectivity index (χ1v) is 8.22. The summed E-state index contributed by atoms with van der Waals surface area (Å²) in [7, 11) is 0. The van der Waals surface area contributed by atoms with E-state index in [2.05, 4.69) is 43.4 Å². The molecule has 4 nitrogen and oxygen atoms in total. The van der Waals surface area contributed by atoms with Gasteiger partial charge in [0.05, 0.1) is 6.04 Å². The molecule has 0 saturated carbocycles. The topological polar surface area (TPSA) is 52.6 Å². The van der Waals surface area contributed by atoms with Crippen LogP contribution in [0.3, 0.4) is 0 Å². The van der Waals surface area contributed by atoms with Gasteiger partial charge in [-0.1, -0.05) is 36.8 Å². The van der Waals surface area contributed by atoms with Crippen molar-refractivity contribution in [3.8, 4) is 0 Å². The lowest BCUT2D eigenvalue weighted by molar-refractivity contribution is 0.0516. The Labute approximate surface area is 133 Å². The standard InChI is InChI=1S/C18H28N2O2/c1-4-18(13-21)9-11-20(12-10-18)17(22)19-15(3)16-7-5-14(2)6-8-16/h5-8,15,21H,4,9-13H2,1-3H3,(H,19,22). The number of amides is 2. The Morgan fingerprint density at radius 2 is 1.91 bits per heavy atom. The van der Waals surface area contributed by atoms with Gasteiger partial charge in [-0.05, 0) is 44.1 Å². The predicted molar refractivity (Wildman–Crippen MR) is 88.7 cm³/mol. The molecule has 1 heterocycles. The highest BCUT2D eigenvalue weighted by Gasteiger charge is 2.34. The molecule has 2 rings (SSSR count). The van der Waals surface area contributed by atoms with Gasteiger partial charge in [0.25, 0.3) is 0 Å². The van der Waals surface area contributed by atoms with Crippen LogP contribution in [0.1, 0.15) is 50.3 Å². The highest BCUT2D eigenvalue weighted by Crippen LogP contribution is 2.34. The lowest BCUT2D eigenvalue weighted by Gasteiger charge is -2.40. The summed E-state index contributed by atoms with van der Waals surface area (Å²) in [5.41, 5.74) is 2.35. The van der Waals surface area contributed by atoms with E-state index >= 15 is 0 Å². The van der Waals surface area contributed by atoms with Gasteiger partial charge in [0, 0.05) is 19.7 Å². The third-order valence-electron chi connectivity index (χ3n) is 5.11. The van der Waals surface area contributed by atoms with Crippen LogP contribution in [-0.2, 0) is 0 Å². The van der Waals surface area contributed by atoms with Crippen molar-refractivity contribution >= 4 is 6.03 Å². The SMILES string of the molecule is CCC1(CO)CCN(C(=O)NC(C)c2ccc(C)cc2)CC1. The summed E-state index contributed by atoms with van der Waals surface area (Å²) in [6, 6.07) is 8.25. The number of carbonyl (C=O) groups is 1. The number of nitrogens with one attached hydrogen (secondary N) is 1. The van der Waals surface area contributed by atoms with Gasteiger partial charge in [-0.3, -0.25) is 0 Å². The molecule has 1 aliphatic heterocycles. The number of likely N-dealkylation sites (tertiary alicyclic amines) is 1. The van der Waals surface area contributed by atoms with E-state index in [1.165, 1.54) is 5.56 Å².